The molecule has 0 bridgehead atoms. The summed E-state index contributed by atoms with van der Waals surface area (Å²) in [6.07, 6.45) is 0. The zero-order chi connectivity index (χ0) is 15.4. The Morgan fingerprint density at radius 2 is 1.77 bits per heavy atom. The van der Waals surface area contributed by atoms with E-state index < -0.39 is 5.97 Å². The van der Waals surface area contributed by atoms with Crippen LogP contribution in [0.25, 0.3) is 10.9 Å². The Morgan fingerprint density at radius 1 is 1.05 bits per heavy atom. The molecule has 0 amide bonds. The Bertz CT molecular complexity index is 800. The third-order valence-corrected chi connectivity index (χ3v) is 3.13. The Morgan fingerprint density at radius 3 is 2.55 bits per heavy atom. The number of rotatable bonds is 4. The third-order valence-electron chi connectivity index (χ3n) is 3.13. The van der Waals surface area contributed by atoms with E-state index in [1.54, 1.807) is 13.0 Å². The zero-order valence-corrected chi connectivity index (χ0v) is 12.2. The van der Waals surface area contributed by atoms with E-state index in [-0.39, 0.29) is 5.69 Å². The number of benzene rings is 2. The molecule has 22 heavy (non-hydrogen) atoms. The van der Waals surface area contributed by atoms with Gasteiger partial charge in [0.2, 0.25) is 0 Å². The first kappa shape index (κ1) is 14.1. The van der Waals surface area contributed by atoms with Crippen molar-refractivity contribution in [2.45, 2.75) is 6.92 Å². The van der Waals surface area contributed by atoms with E-state index in [1.807, 2.05) is 54.6 Å². The summed E-state index contributed by atoms with van der Waals surface area (Å²) >= 11 is 0. The lowest BCUT2D eigenvalue weighted by Crippen LogP contribution is -2.07. The zero-order valence-electron chi connectivity index (χ0n) is 12.2. The minimum atomic E-state index is -0.453. The molecule has 3 aromatic rings. The molecule has 0 aliphatic carbocycles. The Kier molecular flexibility index (Phi) is 4.01. The molecule has 2 aromatic carbocycles. The molecule has 0 fully saturated rings. The van der Waals surface area contributed by atoms with Gasteiger partial charge in [-0.1, -0.05) is 30.3 Å². The predicted octanol–water partition coefficient (Wildman–Crippen LogP) is 4.20. The molecular weight excluding hydrogens is 278 g/mol. The Balaban J connectivity index is 2.08. The molecule has 0 atom stereocenters. The van der Waals surface area contributed by atoms with Crippen molar-refractivity contribution in [2.75, 3.05) is 6.61 Å². The van der Waals surface area contributed by atoms with Gasteiger partial charge in [0.1, 0.15) is 11.5 Å². The van der Waals surface area contributed by atoms with Crippen molar-refractivity contribution in [3.8, 4) is 11.5 Å². The van der Waals surface area contributed by atoms with Crippen molar-refractivity contribution in [3.63, 3.8) is 0 Å². The van der Waals surface area contributed by atoms with Gasteiger partial charge in [0, 0.05) is 11.5 Å². The Labute approximate surface area is 128 Å². The van der Waals surface area contributed by atoms with Crippen LogP contribution < -0.4 is 4.74 Å². The van der Waals surface area contributed by atoms with Crippen LogP contribution in [-0.2, 0) is 4.74 Å². The van der Waals surface area contributed by atoms with Gasteiger partial charge in [-0.05, 0) is 31.2 Å². The van der Waals surface area contributed by atoms with E-state index in [0.29, 0.717) is 23.6 Å². The van der Waals surface area contributed by atoms with Crippen molar-refractivity contribution < 1.29 is 14.3 Å². The van der Waals surface area contributed by atoms with Crippen LogP contribution in [0.5, 0.6) is 11.5 Å². The van der Waals surface area contributed by atoms with Crippen molar-refractivity contribution >= 4 is 16.9 Å². The molecule has 4 nitrogen and oxygen atoms in total. The Hall–Kier alpha value is -2.88. The van der Waals surface area contributed by atoms with E-state index in [2.05, 4.69) is 4.98 Å². The number of carbonyl (C=O) groups is 1. The fourth-order valence-electron chi connectivity index (χ4n) is 2.15. The molecule has 0 unspecified atom stereocenters. The van der Waals surface area contributed by atoms with Crippen LogP contribution in [0.15, 0.2) is 60.7 Å². The van der Waals surface area contributed by atoms with E-state index >= 15 is 0 Å². The number of para-hydroxylation sites is 2. The lowest BCUT2D eigenvalue weighted by Gasteiger charge is -2.10. The number of ether oxygens (including phenoxy) is 2. The van der Waals surface area contributed by atoms with Crippen molar-refractivity contribution in [1.82, 2.24) is 4.98 Å². The van der Waals surface area contributed by atoms with Gasteiger partial charge in [-0.15, -0.1) is 0 Å². The highest BCUT2D eigenvalue weighted by atomic mass is 16.5. The van der Waals surface area contributed by atoms with Crippen molar-refractivity contribution in [2.24, 2.45) is 0 Å². The maximum atomic E-state index is 12.0. The molecule has 4 heteroatoms. The fourth-order valence-corrected chi connectivity index (χ4v) is 2.15. The number of nitrogens with zero attached hydrogens (tertiary/aromatic N) is 1. The SMILES string of the molecule is CCOC(=O)c1cc(Oc2ccccc2)c2ccccc2n1. The molecule has 0 aliphatic heterocycles. The average molecular weight is 293 g/mol. The number of fused-ring (bicyclic) bond motifs is 1. The van der Waals surface area contributed by atoms with E-state index in [9.17, 15) is 4.79 Å². The largest absolute Gasteiger partial charge is 0.461 e. The highest BCUT2D eigenvalue weighted by Crippen LogP contribution is 2.30. The van der Waals surface area contributed by atoms with E-state index in [0.717, 1.165) is 5.39 Å². The molecule has 0 radical (unpaired) electrons. The van der Waals surface area contributed by atoms with Crippen molar-refractivity contribution in [1.29, 1.82) is 0 Å². The molecule has 3 rings (SSSR count). The summed E-state index contributed by atoms with van der Waals surface area (Å²) in [5, 5.41) is 0.847. The number of carbonyl (C=O) groups excluding carboxylic acids is 1. The number of esters is 1. The quantitative estimate of drug-likeness (QED) is 0.676. The predicted molar refractivity (Wildman–Crippen MR) is 84.2 cm³/mol. The number of pyridine rings is 1. The normalized spacial score (nSPS) is 10.4. The van der Waals surface area contributed by atoms with Crippen LogP contribution in [0, 0.1) is 0 Å². The standard InChI is InChI=1S/C18H15NO3/c1-2-21-18(20)16-12-17(22-13-8-4-3-5-9-13)14-10-6-7-11-15(14)19-16/h3-12H,2H2,1H3. The van der Waals surface area contributed by atoms with Gasteiger partial charge >= 0.3 is 5.97 Å². The summed E-state index contributed by atoms with van der Waals surface area (Å²) in [5.41, 5.74) is 0.936. The van der Waals surface area contributed by atoms with Gasteiger partial charge in [0.15, 0.2) is 5.69 Å². The van der Waals surface area contributed by atoms with Crippen LogP contribution >= 0.6 is 0 Å². The molecule has 0 spiro atoms. The van der Waals surface area contributed by atoms with Gasteiger partial charge in [0.25, 0.3) is 0 Å². The highest BCUT2D eigenvalue weighted by Gasteiger charge is 2.14. The van der Waals surface area contributed by atoms with Crippen LogP contribution in [0.2, 0.25) is 0 Å². The van der Waals surface area contributed by atoms with E-state index in [1.165, 1.54) is 0 Å². The minimum Gasteiger partial charge on any atom is -0.461 e. The third kappa shape index (κ3) is 2.91. The van der Waals surface area contributed by atoms with Gasteiger partial charge in [-0.2, -0.15) is 0 Å². The number of hydrogen-bond donors (Lipinski definition) is 0. The number of aromatic nitrogens is 1. The second-order valence-electron chi connectivity index (χ2n) is 4.66. The second-order valence-corrected chi connectivity index (χ2v) is 4.66. The first-order valence-electron chi connectivity index (χ1n) is 7.07. The lowest BCUT2D eigenvalue weighted by molar-refractivity contribution is 0.0519. The van der Waals surface area contributed by atoms with Crippen LogP contribution in [0.4, 0.5) is 0 Å². The van der Waals surface area contributed by atoms with Crippen LogP contribution in [0.1, 0.15) is 17.4 Å². The summed E-state index contributed by atoms with van der Waals surface area (Å²) in [6, 6.07) is 18.6. The summed E-state index contributed by atoms with van der Waals surface area (Å²) in [5.74, 6) is 0.833. The molecule has 0 aliphatic rings. The molecule has 1 aromatic heterocycles. The topological polar surface area (TPSA) is 48.4 Å². The molecule has 0 N–H and O–H groups in total. The minimum absolute atomic E-state index is 0.242. The van der Waals surface area contributed by atoms with Gasteiger partial charge in [-0.3, -0.25) is 0 Å². The molecule has 110 valence electrons. The summed E-state index contributed by atoms with van der Waals surface area (Å²) in [4.78, 5) is 16.3. The maximum Gasteiger partial charge on any atom is 0.357 e. The smallest absolute Gasteiger partial charge is 0.357 e. The summed E-state index contributed by atoms with van der Waals surface area (Å²) in [7, 11) is 0. The summed E-state index contributed by atoms with van der Waals surface area (Å²) < 4.78 is 10.9. The molecule has 1 heterocycles. The van der Waals surface area contributed by atoms with Crippen LogP contribution in [0.3, 0.4) is 0 Å². The van der Waals surface area contributed by atoms with Gasteiger partial charge < -0.3 is 9.47 Å². The average Bonchev–Trinajstić information content (AvgIpc) is 2.56. The summed E-state index contributed by atoms with van der Waals surface area (Å²) in [6.45, 7) is 2.07. The monoisotopic (exact) mass is 293 g/mol. The van der Waals surface area contributed by atoms with Gasteiger partial charge in [-0.25, -0.2) is 9.78 Å². The first-order valence-corrected chi connectivity index (χ1v) is 7.07. The maximum absolute atomic E-state index is 12.0. The van der Waals surface area contributed by atoms with Gasteiger partial charge in [0.05, 0.1) is 12.1 Å². The fraction of sp³-hybridized carbons (Fsp3) is 0.111. The van der Waals surface area contributed by atoms with Crippen LogP contribution in [-0.4, -0.2) is 17.6 Å². The second kappa shape index (κ2) is 6.26. The first-order chi connectivity index (χ1) is 10.8. The lowest BCUT2D eigenvalue weighted by atomic mass is 10.2. The van der Waals surface area contributed by atoms with Crippen molar-refractivity contribution in [3.05, 3.63) is 66.4 Å². The number of hydrogen-bond acceptors (Lipinski definition) is 4. The molecular formula is C18H15NO3. The molecule has 0 saturated carbocycles. The highest BCUT2D eigenvalue weighted by molar-refractivity contribution is 5.94. The molecule has 0 saturated heterocycles. The van der Waals surface area contributed by atoms with E-state index in [4.69, 9.17) is 9.47 Å².